The zero-order valence-corrected chi connectivity index (χ0v) is 19.7. The molecule has 0 saturated heterocycles. The van der Waals surface area contributed by atoms with Crippen LogP contribution in [0.5, 0.6) is 0 Å². The molecule has 4 N–H and O–H groups in total. The number of amides is 2. The maximum atomic E-state index is 13.6. The molecule has 0 saturated carbocycles. The minimum atomic E-state index is -1.77. The summed E-state index contributed by atoms with van der Waals surface area (Å²) >= 11 is 0. The molecule has 0 aromatic heterocycles. The zero-order chi connectivity index (χ0) is 25.4. The van der Waals surface area contributed by atoms with Crippen LogP contribution in [-0.4, -0.2) is 52.8 Å². The van der Waals surface area contributed by atoms with Gasteiger partial charge in [0.2, 0.25) is 5.60 Å². The van der Waals surface area contributed by atoms with Crippen LogP contribution >= 0.6 is 0 Å². The molecule has 4 rings (SSSR count). The minimum Gasteiger partial charge on any atom is -0.426 e. The molecule has 8 nitrogen and oxygen atoms in total. The van der Waals surface area contributed by atoms with Crippen molar-refractivity contribution in [3.8, 4) is 0 Å². The molecule has 9 heteroatoms. The van der Waals surface area contributed by atoms with E-state index in [1.165, 1.54) is 0 Å². The van der Waals surface area contributed by atoms with Crippen LogP contribution in [0.3, 0.4) is 0 Å². The van der Waals surface area contributed by atoms with Gasteiger partial charge in [-0.15, -0.1) is 0 Å². The summed E-state index contributed by atoms with van der Waals surface area (Å²) in [7, 11) is -1.77. The molecule has 3 aromatic carbocycles. The lowest BCUT2D eigenvalue weighted by Gasteiger charge is -2.28. The molecule has 184 valence electrons. The molecule has 2 amide bonds. The summed E-state index contributed by atoms with van der Waals surface area (Å²) in [6.45, 7) is 0.119. The summed E-state index contributed by atoms with van der Waals surface area (Å²) in [5, 5.41) is 29.6. The zero-order valence-electron chi connectivity index (χ0n) is 19.7. The van der Waals surface area contributed by atoms with Crippen LogP contribution < -0.4 is 10.6 Å². The van der Waals surface area contributed by atoms with Crippen molar-refractivity contribution in [2.75, 3.05) is 6.54 Å². The number of nitrogens with one attached hydrogen (secondary N) is 2. The molecule has 2 atom stereocenters. The molecule has 0 spiro atoms. The predicted molar refractivity (Wildman–Crippen MR) is 137 cm³/mol. The molecule has 1 unspecified atom stereocenters. The highest BCUT2D eigenvalue weighted by atomic mass is 16.7. The van der Waals surface area contributed by atoms with Crippen LogP contribution in [0.25, 0.3) is 0 Å². The topological polar surface area (TPSA) is 120 Å². The van der Waals surface area contributed by atoms with E-state index in [0.29, 0.717) is 11.3 Å². The first kappa shape index (κ1) is 25.2. The van der Waals surface area contributed by atoms with Crippen molar-refractivity contribution in [3.63, 3.8) is 0 Å². The van der Waals surface area contributed by atoms with E-state index in [1.54, 1.807) is 24.3 Å². The highest BCUT2D eigenvalue weighted by Crippen LogP contribution is 2.29. The van der Waals surface area contributed by atoms with Crippen LogP contribution in [0.1, 0.15) is 27.9 Å². The van der Waals surface area contributed by atoms with Gasteiger partial charge in [-0.05, 0) is 29.7 Å². The highest BCUT2D eigenvalue weighted by molar-refractivity contribution is 6.43. The summed E-state index contributed by atoms with van der Waals surface area (Å²) in [4.78, 5) is 31.8. The maximum absolute atomic E-state index is 13.6. The number of hydrogen-bond donors (Lipinski definition) is 4. The normalized spacial score (nSPS) is 17.4. The number of carbonyl (C=O) groups excluding carboxylic acids is 2. The number of oxime groups is 1. The van der Waals surface area contributed by atoms with E-state index in [9.17, 15) is 19.6 Å². The lowest BCUT2D eigenvalue weighted by atomic mass is 9.75. The van der Waals surface area contributed by atoms with E-state index in [0.717, 1.165) is 11.1 Å². The van der Waals surface area contributed by atoms with E-state index in [4.69, 9.17) is 4.84 Å². The number of nitrogens with zero attached hydrogens (tertiary/aromatic N) is 1. The SMILES string of the molecule is O=C(NCC1=NOC(Cc2ccccc2)(C(=O)N[C@@H](Cc2ccccc2)B(O)O)C1)c1ccccc1. The van der Waals surface area contributed by atoms with Crippen molar-refractivity contribution >= 4 is 24.6 Å². The molecule has 1 aliphatic rings. The molecule has 1 heterocycles. The summed E-state index contributed by atoms with van der Waals surface area (Å²) in [6, 6.07) is 27.5. The van der Waals surface area contributed by atoms with Gasteiger partial charge in [0.25, 0.3) is 11.8 Å². The first-order chi connectivity index (χ1) is 17.4. The summed E-state index contributed by atoms with van der Waals surface area (Å²) in [5.74, 6) is -1.71. The van der Waals surface area contributed by atoms with Gasteiger partial charge in [0.15, 0.2) is 0 Å². The summed E-state index contributed by atoms with van der Waals surface area (Å²) < 4.78 is 0. The van der Waals surface area contributed by atoms with Crippen LogP contribution in [0.15, 0.2) is 96.2 Å². The second kappa shape index (κ2) is 11.7. The third-order valence-corrected chi connectivity index (χ3v) is 6.05. The third-order valence-electron chi connectivity index (χ3n) is 6.05. The quantitative estimate of drug-likeness (QED) is 0.327. The van der Waals surface area contributed by atoms with Gasteiger partial charge in [0.1, 0.15) is 0 Å². The van der Waals surface area contributed by atoms with Crippen LogP contribution in [0.2, 0.25) is 0 Å². The van der Waals surface area contributed by atoms with Gasteiger partial charge >= 0.3 is 7.12 Å². The summed E-state index contributed by atoms with van der Waals surface area (Å²) in [5.41, 5.74) is 1.35. The van der Waals surface area contributed by atoms with Gasteiger partial charge in [-0.1, -0.05) is 84.0 Å². The molecule has 0 fully saturated rings. The standard InChI is InChI=1S/C27H28BN3O5/c32-25(22-14-8-3-9-15-22)29-19-23-18-27(36-31-23,17-21-12-6-2-7-13-21)26(33)30-24(28(34)35)16-20-10-4-1-5-11-20/h1-15,24,34-35H,16-19H2,(H,29,32)(H,30,33)/t24-,27?/m0/s1. The number of benzene rings is 3. The van der Waals surface area contributed by atoms with Gasteiger partial charge in [0.05, 0.1) is 18.2 Å². The molecule has 0 aliphatic carbocycles. The fraction of sp³-hybridized carbons (Fsp3) is 0.222. The Morgan fingerprint density at radius 3 is 2.11 bits per heavy atom. The smallest absolute Gasteiger partial charge is 0.426 e. The van der Waals surface area contributed by atoms with E-state index in [-0.39, 0.29) is 31.7 Å². The van der Waals surface area contributed by atoms with Gasteiger partial charge in [-0.3, -0.25) is 9.59 Å². The fourth-order valence-electron chi connectivity index (χ4n) is 4.14. The lowest BCUT2D eigenvalue weighted by molar-refractivity contribution is -0.144. The molecule has 0 bridgehead atoms. The highest BCUT2D eigenvalue weighted by Gasteiger charge is 2.48. The Bertz CT molecular complexity index is 1190. The maximum Gasteiger partial charge on any atom is 0.475 e. The van der Waals surface area contributed by atoms with E-state index in [2.05, 4.69) is 15.8 Å². The monoisotopic (exact) mass is 485 g/mol. The first-order valence-electron chi connectivity index (χ1n) is 11.8. The molecule has 1 aliphatic heterocycles. The van der Waals surface area contributed by atoms with Crippen molar-refractivity contribution in [2.45, 2.75) is 30.8 Å². The van der Waals surface area contributed by atoms with E-state index in [1.807, 2.05) is 66.7 Å². The Morgan fingerprint density at radius 2 is 1.50 bits per heavy atom. The van der Waals surface area contributed by atoms with Crippen molar-refractivity contribution in [3.05, 3.63) is 108 Å². The van der Waals surface area contributed by atoms with Gasteiger partial charge < -0.3 is 25.5 Å². The van der Waals surface area contributed by atoms with Crippen LogP contribution in [-0.2, 0) is 22.5 Å². The molecular weight excluding hydrogens is 457 g/mol. The molecule has 36 heavy (non-hydrogen) atoms. The second-order valence-corrected chi connectivity index (χ2v) is 8.81. The number of rotatable bonds is 10. The lowest BCUT2D eigenvalue weighted by Crippen LogP contribution is -2.56. The second-order valence-electron chi connectivity index (χ2n) is 8.81. The number of carbonyl (C=O) groups is 2. The van der Waals surface area contributed by atoms with Crippen LogP contribution in [0, 0.1) is 0 Å². The predicted octanol–water partition coefficient (Wildman–Crippen LogP) is 1.91. The van der Waals surface area contributed by atoms with Gasteiger partial charge in [0, 0.05) is 18.4 Å². The Balaban J connectivity index is 1.47. The van der Waals surface area contributed by atoms with Gasteiger partial charge in [-0.2, -0.15) is 0 Å². The summed E-state index contributed by atoms with van der Waals surface area (Å²) in [6.07, 6.45) is 0.591. The third kappa shape index (κ3) is 6.38. The van der Waals surface area contributed by atoms with E-state index >= 15 is 0 Å². The van der Waals surface area contributed by atoms with E-state index < -0.39 is 24.6 Å². The van der Waals surface area contributed by atoms with Crippen molar-refractivity contribution in [2.24, 2.45) is 5.16 Å². The Labute approximate surface area is 210 Å². The Hall–Kier alpha value is -3.95. The van der Waals surface area contributed by atoms with Gasteiger partial charge in [-0.25, -0.2) is 0 Å². The largest absolute Gasteiger partial charge is 0.475 e. The fourth-order valence-corrected chi connectivity index (χ4v) is 4.14. The average molecular weight is 485 g/mol. The Kier molecular flexibility index (Phi) is 8.15. The molecular formula is C27H28BN3O5. The van der Waals surface area contributed by atoms with Crippen molar-refractivity contribution in [1.29, 1.82) is 0 Å². The average Bonchev–Trinajstić information content (AvgIpc) is 3.32. The first-order valence-corrected chi connectivity index (χ1v) is 11.8. The minimum absolute atomic E-state index is 0.119. The molecule has 3 aromatic rings. The van der Waals surface area contributed by atoms with Crippen molar-refractivity contribution in [1.82, 2.24) is 10.6 Å². The number of hydrogen-bond acceptors (Lipinski definition) is 6. The Morgan fingerprint density at radius 1 is 0.917 bits per heavy atom. The van der Waals surface area contributed by atoms with Crippen molar-refractivity contribution < 1.29 is 24.5 Å². The molecule has 0 radical (unpaired) electrons. The van der Waals surface area contributed by atoms with Crippen LogP contribution in [0.4, 0.5) is 0 Å².